The molecule has 1 amide bonds. The molecule has 1 atom stereocenters. The lowest BCUT2D eigenvalue weighted by Crippen LogP contribution is -2.38. The van der Waals surface area contributed by atoms with Gasteiger partial charge in [0, 0.05) is 23.6 Å². The van der Waals surface area contributed by atoms with Crippen LogP contribution < -0.4 is 9.47 Å². The van der Waals surface area contributed by atoms with E-state index < -0.39 is 11.9 Å². The molecule has 32 heavy (non-hydrogen) atoms. The number of nitriles is 1. The summed E-state index contributed by atoms with van der Waals surface area (Å²) >= 11 is 0. The minimum Gasteiger partial charge on any atom is -0.493 e. The van der Waals surface area contributed by atoms with Crippen LogP contribution in [0.25, 0.3) is 0 Å². The maximum atomic E-state index is 13.3. The number of benzene rings is 2. The number of methoxy groups -OCH3 is 2. The Morgan fingerprint density at radius 3 is 2.56 bits per heavy atom. The summed E-state index contributed by atoms with van der Waals surface area (Å²) in [6.45, 7) is 3.88. The van der Waals surface area contributed by atoms with Gasteiger partial charge in [-0.3, -0.25) is 4.79 Å². The summed E-state index contributed by atoms with van der Waals surface area (Å²) in [5.41, 5.74) is 2.78. The number of para-hydroxylation sites is 1. The van der Waals surface area contributed by atoms with E-state index in [9.17, 15) is 14.9 Å². The second-order valence-electron chi connectivity index (χ2n) is 7.31. The maximum absolute atomic E-state index is 13.3. The van der Waals surface area contributed by atoms with Crippen molar-refractivity contribution < 1.29 is 23.8 Å². The van der Waals surface area contributed by atoms with Gasteiger partial charge in [0.05, 0.1) is 44.6 Å². The fourth-order valence-electron chi connectivity index (χ4n) is 4.07. The molecular weight excluding hydrogens is 408 g/mol. The Kier molecular flexibility index (Phi) is 7.16. The average Bonchev–Trinajstić information content (AvgIpc) is 2.81. The van der Waals surface area contributed by atoms with Gasteiger partial charge in [-0.2, -0.15) is 5.26 Å². The molecule has 0 aromatic heterocycles. The number of carbonyl (C=O) groups excluding carboxylic acids is 2. The van der Waals surface area contributed by atoms with E-state index in [-0.39, 0.29) is 25.5 Å². The van der Waals surface area contributed by atoms with E-state index in [0.717, 1.165) is 0 Å². The molecule has 0 radical (unpaired) electrons. The number of hydrogen-bond donors (Lipinski definition) is 0. The summed E-state index contributed by atoms with van der Waals surface area (Å²) in [5.74, 6) is -0.187. The first-order valence-corrected chi connectivity index (χ1v) is 10.3. The molecule has 2 aromatic rings. The highest BCUT2D eigenvalue weighted by Gasteiger charge is 2.38. The first-order valence-electron chi connectivity index (χ1n) is 10.3. The van der Waals surface area contributed by atoms with Crippen LogP contribution in [0.15, 0.2) is 53.7 Å². The summed E-state index contributed by atoms with van der Waals surface area (Å²) in [6, 6.07) is 14.7. The van der Waals surface area contributed by atoms with Gasteiger partial charge >= 0.3 is 5.97 Å². The number of allylic oxidation sites excluding steroid dienone is 1. The van der Waals surface area contributed by atoms with Gasteiger partial charge in [0.1, 0.15) is 0 Å². The van der Waals surface area contributed by atoms with Crippen LogP contribution in [0.2, 0.25) is 0 Å². The summed E-state index contributed by atoms with van der Waals surface area (Å²) in [4.78, 5) is 27.8. The highest BCUT2D eigenvalue weighted by Crippen LogP contribution is 2.44. The second-order valence-corrected chi connectivity index (χ2v) is 7.31. The maximum Gasteiger partial charge on any atom is 0.336 e. The number of amides is 1. The van der Waals surface area contributed by atoms with Crippen molar-refractivity contribution in [2.24, 2.45) is 0 Å². The Hall–Kier alpha value is -3.79. The Labute approximate surface area is 187 Å². The van der Waals surface area contributed by atoms with E-state index in [1.807, 2.05) is 12.1 Å². The predicted octanol–water partition coefficient (Wildman–Crippen LogP) is 3.93. The van der Waals surface area contributed by atoms with Crippen molar-refractivity contribution in [1.29, 1.82) is 5.26 Å². The first-order chi connectivity index (χ1) is 15.5. The number of carbonyl (C=O) groups is 2. The van der Waals surface area contributed by atoms with Crippen LogP contribution in [0.5, 0.6) is 11.5 Å². The van der Waals surface area contributed by atoms with Gasteiger partial charge in [0.2, 0.25) is 5.91 Å². The van der Waals surface area contributed by atoms with Crippen molar-refractivity contribution in [2.45, 2.75) is 32.7 Å². The quantitative estimate of drug-likeness (QED) is 0.614. The molecule has 7 nitrogen and oxygen atoms in total. The van der Waals surface area contributed by atoms with E-state index in [1.165, 1.54) is 14.2 Å². The van der Waals surface area contributed by atoms with Gasteiger partial charge in [0.25, 0.3) is 0 Å². The van der Waals surface area contributed by atoms with Gasteiger partial charge in [-0.25, -0.2) is 4.79 Å². The Morgan fingerprint density at radius 2 is 1.91 bits per heavy atom. The van der Waals surface area contributed by atoms with Gasteiger partial charge < -0.3 is 19.1 Å². The molecule has 1 aliphatic rings. The topological polar surface area (TPSA) is 88.9 Å². The predicted molar refractivity (Wildman–Crippen MR) is 118 cm³/mol. The molecule has 0 bridgehead atoms. The van der Waals surface area contributed by atoms with Crippen molar-refractivity contribution in [1.82, 2.24) is 4.90 Å². The van der Waals surface area contributed by atoms with Crippen molar-refractivity contribution in [3.63, 3.8) is 0 Å². The fraction of sp³-hybridized carbons (Fsp3) is 0.320. The number of ether oxygens (including phenoxy) is 3. The Morgan fingerprint density at radius 1 is 1.16 bits per heavy atom. The smallest absolute Gasteiger partial charge is 0.336 e. The third-order valence-electron chi connectivity index (χ3n) is 5.59. The van der Waals surface area contributed by atoms with Gasteiger partial charge in [-0.15, -0.1) is 0 Å². The molecule has 2 aromatic carbocycles. The van der Waals surface area contributed by atoms with Gasteiger partial charge in [-0.1, -0.05) is 30.3 Å². The molecule has 1 unspecified atom stereocenters. The minimum absolute atomic E-state index is 0.0593. The van der Waals surface area contributed by atoms with Crippen molar-refractivity contribution in [3.8, 4) is 17.6 Å². The monoisotopic (exact) mass is 434 g/mol. The third-order valence-corrected chi connectivity index (χ3v) is 5.59. The molecular formula is C25H26N2O5. The number of nitrogens with zero attached hydrogens (tertiary/aromatic N) is 2. The van der Waals surface area contributed by atoms with Crippen LogP contribution in [-0.2, 0) is 20.9 Å². The van der Waals surface area contributed by atoms with E-state index in [0.29, 0.717) is 39.5 Å². The van der Waals surface area contributed by atoms with Crippen LogP contribution in [0.4, 0.5) is 0 Å². The van der Waals surface area contributed by atoms with E-state index in [4.69, 9.17) is 14.2 Å². The zero-order valence-corrected chi connectivity index (χ0v) is 18.7. The highest BCUT2D eigenvalue weighted by atomic mass is 16.5. The molecule has 0 aliphatic carbocycles. The van der Waals surface area contributed by atoms with Crippen molar-refractivity contribution in [3.05, 3.63) is 70.4 Å². The summed E-state index contributed by atoms with van der Waals surface area (Å²) in [6.07, 6.45) is 0.0593. The van der Waals surface area contributed by atoms with Gasteiger partial charge in [-0.05, 0) is 31.5 Å². The minimum atomic E-state index is -0.547. The first kappa shape index (κ1) is 22.9. The van der Waals surface area contributed by atoms with E-state index in [1.54, 1.807) is 49.1 Å². The molecule has 1 aliphatic heterocycles. The largest absolute Gasteiger partial charge is 0.493 e. The van der Waals surface area contributed by atoms with Crippen molar-refractivity contribution >= 4 is 11.9 Å². The summed E-state index contributed by atoms with van der Waals surface area (Å²) < 4.78 is 16.3. The standard InChI is InChI=1S/C25H26N2O5/c1-5-32-25(29)23-16(2)27(15-18-10-7-6-9-17(18)14-26)22(28)13-20(23)19-11-8-12-21(30-3)24(19)31-4/h6-12,20H,5,13,15H2,1-4H3. The average molecular weight is 434 g/mol. The SMILES string of the molecule is CCOC(=O)C1=C(C)N(Cc2ccccc2C#N)C(=O)CC1c1cccc(OC)c1OC. The molecule has 3 rings (SSSR count). The highest BCUT2D eigenvalue weighted by molar-refractivity contribution is 5.96. The van der Waals surface area contributed by atoms with Crippen LogP contribution in [-0.4, -0.2) is 37.6 Å². The molecule has 1 heterocycles. The molecule has 0 fully saturated rings. The molecule has 0 spiro atoms. The molecule has 166 valence electrons. The lowest BCUT2D eigenvalue weighted by molar-refractivity contribution is -0.140. The van der Waals surface area contributed by atoms with Crippen LogP contribution >= 0.6 is 0 Å². The fourth-order valence-corrected chi connectivity index (χ4v) is 4.07. The molecule has 0 N–H and O–H groups in total. The number of esters is 1. The molecule has 0 saturated heterocycles. The number of hydrogen-bond acceptors (Lipinski definition) is 6. The van der Waals surface area contributed by atoms with Crippen LogP contribution in [0.1, 0.15) is 42.9 Å². The molecule has 7 heteroatoms. The molecule has 0 saturated carbocycles. The summed E-state index contributed by atoms with van der Waals surface area (Å²) in [7, 11) is 3.06. The van der Waals surface area contributed by atoms with E-state index >= 15 is 0 Å². The van der Waals surface area contributed by atoms with Crippen LogP contribution in [0, 0.1) is 11.3 Å². The van der Waals surface area contributed by atoms with E-state index in [2.05, 4.69) is 6.07 Å². The zero-order valence-electron chi connectivity index (χ0n) is 18.7. The summed E-state index contributed by atoms with van der Waals surface area (Å²) in [5, 5.41) is 9.42. The third kappa shape index (κ3) is 4.30. The number of rotatable bonds is 7. The normalized spacial score (nSPS) is 15.9. The lowest BCUT2D eigenvalue weighted by Gasteiger charge is -2.35. The van der Waals surface area contributed by atoms with Crippen molar-refractivity contribution in [2.75, 3.05) is 20.8 Å². The Bertz CT molecular complexity index is 1100. The second kappa shape index (κ2) is 10.0. The zero-order chi connectivity index (χ0) is 23.3. The lowest BCUT2D eigenvalue weighted by atomic mass is 9.83. The van der Waals surface area contributed by atoms with Gasteiger partial charge in [0.15, 0.2) is 11.5 Å². The Balaban J connectivity index is 2.13. The van der Waals surface area contributed by atoms with Crippen LogP contribution in [0.3, 0.4) is 0 Å².